The Morgan fingerprint density at radius 2 is 1.93 bits per heavy atom. The molecule has 2 aromatic rings. The second kappa shape index (κ2) is 11.7. The van der Waals surface area contributed by atoms with Crippen LogP contribution >= 0.6 is 11.3 Å². The van der Waals surface area contributed by atoms with E-state index in [-0.39, 0.29) is 11.8 Å². The van der Waals surface area contributed by atoms with E-state index in [1.165, 1.54) is 49.9 Å². The minimum absolute atomic E-state index is 0.0898. The van der Waals surface area contributed by atoms with Crippen LogP contribution in [0, 0.1) is 5.92 Å². The number of hydrogen-bond donors (Lipinski definition) is 2. The molecule has 0 radical (unpaired) electrons. The Morgan fingerprint density at radius 3 is 2.59 bits per heavy atom. The van der Waals surface area contributed by atoms with Gasteiger partial charge >= 0.3 is 5.76 Å². The van der Waals surface area contributed by atoms with Crippen molar-refractivity contribution in [3.63, 3.8) is 0 Å². The molecule has 0 fully saturated rings. The van der Waals surface area contributed by atoms with E-state index >= 15 is 0 Å². The van der Waals surface area contributed by atoms with Crippen molar-refractivity contribution in [3.05, 3.63) is 27.6 Å². The zero-order chi connectivity index (χ0) is 19.5. The van der Waals surface area contributed by atoms with E-state index in [1.807, 2.05) is 12.1 Å². The van der Waals surface area contributed by atoms with Gasteiger partial charge in [0.05, 0.1) is 11.4 Å². The Balaban J connectivity index is 1.70. The van der Waals surface area contributed by atoms with Gasteiger partial charge in [-0.25, -0.2) is 4.79 Å². The predicted molar refractivity (Wildman–Crippen MR) is 109 cm³/mol. The van der Waals surface area contributed by atoms with Crippen LogP contribution in [0.5, 0.6) is 0 Å². The van der Waals surface area contributed by atoms with E-state index in [0.29, 0.717) is 12.4 Å². The van der Waals surface area contributed by atoms with Crippen LogP contribution < -0.4 is 11.1 Å². The summed E-state index contributed by atoms with van der Waals surface area (Å²) in [5, 5.41) is 6.73. The predicted octanol–water partition coefficient (Wildman–Crippen LogP) is 4.87. The molecule has 27 heavy (non-hydrogen) atoms. The summed E-state index contributed by atoms with van der Waals surface area (Å²) in [6.07, 6.45) is 10.7. The van der Waals surface area contributed by atoms with Gasteiger partial charge in [0.2, 0.25) is 5.91 Å². The molecule has 6 nitrogen and oxygen atoms in total. The average molecular weight is 394 g/mol. The van der Waals surface area contributed by atoms with Gasteiger partial charge in [-0.1, -0.05) is 63.9 Å². The highest BCUT2D eigenvalue weighted by atomic mass is 32.1. The van der Waals surface area contributed by atoms with E-state index in [9.17, 15) is 9.59 Å². The van der Waals surface area contributed by atoms with Gasteiger partial charge in [-0.2, -0.15) is 0 Å². The maximum Gasteiger partial charge on any atom is 0.439 e. The molecule has 0 aromatic carbocycles. The normalized spacial score (nSPS) is 12.2. The molecular weight excluding hydrogens is 362 g/mol. The second-order valence-corrected chi connectivity index (χ2v) is 8.11. The largest absolute Gasteiger partial charge is 0.439 e. The molecule has 2 heterocycles. The van der Waals surface area contributed by atoms with Crippen LogP contribution in [0.15, 0.2) is 21.5 Å². The Bertz CT molecular complexity index is 735. The van der Waals surface area contributed by atoms with Crippen LogP contribution in [0.4, 0.5) is 0 Å². The molecule has 0 spiro atoms. The van der Waals surface area contributed by atoms with Crippen LogP contribution in [-0.2, 0) is 11.3 Å². The topological polar surface area (TPSA) is 88.0 Å². The maximum atomic E-state index is 12.5. The number of aromatic amines is 1. The van der Waals surface area contributed by atoms with Gasteiger partial charge in [-0.15, -0.1) is 11.3 Å². The van der Waals surface area contributed by atoms with E-state index in [4.69, 9.17) is 0 Å². The number of hydrogen-bond acceptors (Lipinski definition) is 5. The van der Waals surface area contributed by atoms with Crippen molar-refractivity contribution < 1.29 is 9.32 Å². The molecule has 0 saturated heterocycles. The summed E-state index contributed by atoms with van der Waals surface area (Å²) in [6.45, 7) is 4.81. The summed E-state index contributed by atoms with van der Waals surface area (Å²) in [5.41, 5.74) is 0. The Labute approximate surface area is 164 Å². The first-order valence-corrected chi connectivity index (χ1v) is 10.9. The van der Waals surface area contributed by atoms with E-state index in [2.05, 4.69) is 33.8 Å². The highest BCUT2D eigenvalue weighted by Gasteiger charge is 2.16. The first-order chi connectivity index (χ1) is 13.1. The van der Waals surface area contributed by atoms with Gasteiger partial charge in [-0.3, -0.25) is 14.3 Å². The molecule has 2 N–H and O–H groups in total. The van der Waals surface area contributed by atoms with Crippen molar-refractivity contribution in [2.24, 2.45) is 5.92 Å². The number of nitrogens with one attached hydrogen (secondary N) is 2. The average Bonchev–Trinajstić information content (AvgIpc) is 3.31. The Hall–Kier alpha value is -1.89. The van der Waals surface area contributed by atoms with Crippen molar-refractivity contribution in [2.75, 3.05) is 0 Å². The monoisotopic (exact) mass is 393 g/mol. The molecular formula is C20H31N3O3S. The molecule has 1 unspecified atom stereocenters. The number of carbonyl (C=O) groups is 1. The molecule has 7 heteroatoms. The number of carbonyl (C=O) groups excluding carboxylic acids is 1. The third-order valence-corrected chi connectivity index (χ3v) is 5.88. The number of aromatic nitrogens is 2. The van der Waals surface area contributed by atoms with Gasteiger partial charge in [-0.05, 0) is 25.0 Å². The Morgan fingerprint density at radius 1 is 1.19 bits per heavy atom. The summed E-state index contributed by atoms with van der Waals surface area (Å²) in [7, 11) is 0. The molecule has 2 aromatic heterocycles. The number of rotatable bonds is 13. The van der Waals surface area contributed by atoms with Crippen LogP contribution in [0.2, 0.25) is 0 Å². The van der Waals surface area contributed by atoms with Crippen LogP contribution in [0.3, 0.4) is 0 Å². The maximum absolute atomic E-state index is 12.5. The van der Waals surface area contributed by atoms with Crippen molar-refractivity contribution in [1.29, 1.82) is 0 Å². The summed E-state index contributed by atoms with van der Waals surface area (Å²) in [5.74, 6) is 0.0811. The highest BCUT2D eigenvalue weighted by molar-refractivity contribution is 7.15. The van der Waals surface area contributed by atoms with Crippen LogP contribution in [0.1, 0.15) is 76.5 Å². The molecule has 0 aliphatic rings. The quantitative estimate of drug-likeness (QED) is 0.475. The number of H-pyrrole nitrogens is 1. The van der Waals surface area contributed by atoms with Gasteiger partial charge in [0, 0.05) is 10.8 Å². The van der Waals surface area contributed by atoms with Crippen molar-refractivity contribution in [3.8, 4) is 10.7 Å². The number of thiophene rings is 1. The molecule has 2 rings (SSSR count). The second-order valence-electron chi connectivity index (χ2n) is 6.94. The lowest BCUT2D eigenvalue weighted by molar-refractivity contribution is -0.125. The number of amides is 1. The lowest BCUT2D eigenvalue weighted by Gasteiger charge is -2.14. The minimum Gasteiger partial charge on any atom is -0.351 e. The summed E-state index contributed by atoms with van der Waals surface area (Å²) in [4.78, 5) is 27.9. The van der Waals surface area contributed by atoms with Gasteiger partial charge in [0.25, 0.3) is 0 Å². The lowest BCUT2D eigenvalue weighted by Crippen LogP contribution is -2.29. The molecule has 0 bridgehead atoms. The zero-order valence-corrected chi connectivity index (χ0v) is 17.2. The van der Waals surface area contributed by atoms with Gasteiger partial charge in [0.1, 0.15) is 0 Å². The van der Waals surface area contributed by atoms with E-state index in [0.717, 1.165) is 29.0 Å². The first-order valence-electron chi connectivity index (χ1n) is 10.1. The van der Waals surface area contributed by atoms with Gasteiger partial charge in [0.15, 0.2) is 5.82 Å². The molecule has 0 aliphatic heterocycles. The van der Waals surface area contributed by atoms with Gasteiger partial charge < -0.3 is 5.32 Å². The molecule has 0 saturated carbocycles. The zero-order valence-electron chi connectivity index (χ0n) is 16.4. The van der Waals surface area contributed by atoms with E-state index < -0.39 is 5.76 Å². The van der Waals surface area contributed by atoms with Crippen LogP contribution in [-0.4, -0.2) is 16.0 Å². The number of nitrogens with zero attached hydrogens (tertiary/aromatic N) is 1. The first kappa shape index (κ1) is 21.4. The standard InChI is InChI=1S/C20H31N3O3S/c1-3-5-6-7-8-9-10-11-15(4-2)19(24)21-14-16-12-13-17(27-16)18-22-20(25)26-23-18/h12-13,15H,3-11,14H2,1-2H3,(H,21,24)(H,22,23,25). The Kier molecular flexibility index (Phi) is 9.31. The lowest BCUT2D eigenvalue weighted by atomic mass is 9.97. The number of unbranched alkanes of at least 4 members (excludes halogenated alkanes) is 6. The van der Waals surface area contributed by atoms with Crippen molar-refractivity contribution >= 4 is 17.2 Å². The molecule has 1 atom stereocenters. The minimum atomic E-state index is -0.565. The molecule has 0 aliphatic carbocycles. The summed E-state index contributed by atoms with van der Waals surface area (Å²) in [6, 6.07) is 3.81. The third-order valence-electron chi connectivity index (χ3n) is 4.79. The van der Waals surface area contributed by atoms with Crippen molar-refractivity contribution in [2.45, 2.75) is 78.2 Å². The smallest absolute Gasteiger partial charge is 0.351 e. The van der Waals surface area contributed by atoms with Crippen molar-refractivity contribution in [1.82, 2.24) is 15.5 Å². The third kappa shape index (κ3) is 7.33. The fourth-order valence-electron chi connectivity index (χ4n) is 3.12. The molecule has 1 amide bonds. The fraction of sp³-hybridized carbons (Fsp3) is 0.650. The van der Waals surface area contributed by atoms with Crippen LogP contribution in [0.25, 0.3) is 10.7 Å². The highest BCUT2D eigenvalue weighted by Crippen LogP contribution is 2.24. The summed E-state index contributed by atoms with van der Waals surface area (Å²) >= 11 is 1.48. The SMILES string of the molecule is CCCCCCCCCC(CC)C(=O)NCc1ccc(-c2noc(=O)[nH]2)s1. The molecule has 150 valence electrons. The summed E-state index contributed by atoms with van der Waals surface area (Å²) < 4.78 is 4.52. The fourth-order valence-corrected chi connectivity index (χ4v) is 4.01. The van der Waals surface area contributed by atoms with E-state index in [1.54, 1.807) is 0 Å².